The maximum Gasteiger partial charge on any atom is 0.182 e. The third-order valence-electron chi connectivity index (χ3n) is 3.30. The maximum absolute atomic E-state index is 12.3. The van der Waals surface area contributed by atoms with E-state index in [-0.39, 0.29) is 5.75 Å². The molecular formula is C17H20O2S. The minimum atomic E-state index is -3.25. The Bertz CT molecular complexity index is 628. The van der Waals surface area contributed by atoms with E-state index in [4.69, 9.17) is 0 Å². The van der Waals surface area contributed by atoms with Gasteiger partial charge in [0.2, 0.25) is 0 Å². The smallest absolute Gasteiger partial charge is 0.182 e. The van der Waals surface area contributed by atoms with Crippen molar-refractivity contribution in [1.82, 2.24) is 0 Å². The number of rotatable bonds is 6. The minimum Gasteiger partial charge on any atom is -0.223 e. The summed E-state index contributed by atoms with van der Waals surface area (Å²) in [4.78, 5) is 0.404. The van der Waals surface area contributed by atoms with Crippen molar-refractivity contribution >= 4 is 9.84 Å². The van der Waals surface area contributed by atoms with Crippen LogP contribution < -0.4 is 0 Å². The van der Waals surface area contributed by atoms with Gasteiger partial charge in [0.15, 0.2) is 9.84 Å². The summed E-state index contributed by atoms with van der Waals surface area (Å²) < 4.78 is 24.7. The van der Waals surface area contributed by atoms with E-state index in [1.165, 1.54) is 5.56 Å². The van der Waals surface area contributed by atoms with E-state index in [0.717, 1.165) is 24.8 Å². The zero-order chi connectivity index (χ0) is 14.4. The van der Waals surface area contributed by atoms with Crippen LogP contribution in [0.5, 0.6) is 0 Å². The fourth-order valence-corrected chi connectivity index (χ4v) is 3.47. The van der Waals surface area contributed by atoms with E-state index < -0.39 is 9.84 Å². The van der Waals surface area contributed by atoms with E-state index in [1.54, 1.807) is 12.1 Å². The van der Waals surface area contributed by atoms with Crippen LogP contribution in [0.1, 0.15) is 30.9 Å². The van der Waals surface area contributed by atoms with Gasteiger partial charge in [0.05, 0.1) is 10.6 Å². The summed E-state index contributed by atoms with van der Waals surface area (Å²) in [7, 11) is -3.25. The monoisotopic (exact) mass is 288 g/mol. The molecule has 0 aromatic heterocycles. The SMILES string of the molecule is CCCCc1ccc(S(=O)(=O)Cc2ccccc2)cc1. The number of sulfone groups is 1. The van der Waals surface area contributed by atoms with Crippen molar-refractivity contribution in [1.29, 1.82) is 0 Å². The number of hydrogen-bond donors (Lipinski definition) is 0. The van der Waals surface area contributed by atoms with Gasteiger partial charge in [-0.15, -0.1) is 0 Å². The van der Waals surface area contributed by atoms with E-state index in [2.05, 4.69) is 6.92 Å². The van der Waals surface area contributed by atoms with Gasteiger partial charge in [-0.25, -0.2) is 8.42 Å². The van der Waals surface area contributed by atoms with Crippen LogP contribution in [0.15, 0.2) is 59.5 Å². The summed E-state index contributed by atoms with van der Waals surface area (Å²) in [6.45, 7) is 2.15. The molecule has 0 spiro atoms. The lowest BCUT2D eigenvalue weighted by molar-refractivity contribution is 0.595. The third-order valence-corrected chi connectivity index (χ3v) is 5.00. The van der Waals surface area contributed by atoms with Crippen LogP contribution in [-0.2, 0) is 22.0 Å². The van der Waals surface area contributed by atoms with Crippen LogP contribution in [0.4, 0.5) is 0 Å². The lowest BCUT2D eigenvalue weighted by Gasteiger charge is -2.06. The molecule has 0 radical (unpaired) electrons. The van der Waals surface area contributed by atoms with Gasteiger partial charge in [0.1, 0.15) is 0 Å². The van der Waals surface area contributed by atoms with E-state index in [9.17, 15) is 8.42 Å². The molecule has 20 heavy (non-hydrogen) atoms. The largest absolute Gasteiger partial charge is 0.223 e. The molecule has 0 aliphatic rings. The quantitative estimate of drug-likeness (QED) is 0.805. The van der Waals surface area contributed by atoms with Crippen molar-refractivity contribution in [3.8, 4) is 0 Å². The molecule has 0 N–H and O–H groups in total. The summed E-state index contributed by atoms with van der Waals surface area (Å²) in [6.07, 6.45) is 3.29. The number of unbranched alkanes of at least 4 members (excludes halogenated alkanes) is 1. The first-order valence-corrected chi connectivity index (χ1v) is 8.62. The normalized spacial score (nSPS) is 11.4. The highest BCUT2D eigenvalue weighted by molar-refractivity contribution is 7.90. The second kappa shape index (κ2) is 6.71. The van der Waals surface area contributed by atoms with Crippen LogP contribution in [0.3, 0.4) is 0 Å². The standard InChI is InChI=1S/C17H20O2S/c1-2-3-7-15-10-12-17(13-11-15)20(18,19)14-16-8-5-4-6-9-16/h4-6,8-13H,2-3,7,14H2,1H3. The molecule has 2 aromatic carbocycles. The van der Waals surface area contributed by atoms with Crippen molar-refractivity contribution in [2.75, 3.05) is 0 Å². The topological polar surface area (TPSA) is 34.1 Å². The van der Waals surface area contributed by atoms with Crippen LogP contribution in [0.2, 0.25) is 0 Å². The van der Waals surface area contributed by atoms with Crippen LogP contribution in [-0.4, -0.2) is 8.42 Å². The summed E-state index contributed by atoms with van der Waals surface area (Å²) >= 11 is 0. The molecule has 0 saturated heterocycles. The second-order valence-electron chi connectivity index (χ2n) is 4.99. The molecule has 106 valence electrons. The molecule has 0 amide bonds. The summed E-state index contributed by atoms with van der Waals surface area (Å²) in [5.74, 6) is 0.0577. The van der Waals surface area contributed by atoms with Gasteiger partial charge in [-0.3, -0.25) is 0 Å². The van der Waals surface area contributed by atoms with Gasteiger partial charge >= 0.3 is 0 Å². The number of hydrogen-bond acceptors (Lipinski definition) is 2. The van der Waals surface area contributed by atoms with Crippen LogP contribution >= 0.6 is 0 Å². The first-order chi connectivity index (χ1) is 9.62. The Hall–Kier alpha value is -1.61. The highest BCUT2D eigenvalue weighted by Gasteiger charge is 2.14. The first kappa shape index (κ1) is 14.8. The van der Waals surface area contributed by atoms with Crippen molar-refractivity contribution in [2.45, 2.75) is 36.8 Å². The number of benzene rings is 2. The molecule has 0 bridgehead atoms. The Morgan fingerprint density at radius 1 is 0.850 bits per heavy atom. The average Bonchev–Trinajstić information content (AvgIpc) is 2.46. The second-order valence-corrected chi connectivity index (χ2v) is 6.98. The number of aryl methyl sites for hydroxylation is 1. The van der Waals surface area contributed by atoms with E-state index in [0.29, 0.717) is 4.90 Å². The molecule has 0 heterocycles. The van der Waals surface area contributed by atoms with E-state index in [1.807, 2.05) is 42.5 Å². The summed E-state index contributed by atoms with van der Waals surface area (Å²) in [6, 6.07) is 16.6. The van der Waals surface area contributed by atoms with Crippen LogP contribution in [0, 0.1) is 0 Å². The van der Waals surface area contributed by atoms with Gasteiger partial charge < -0.3 is 0 Å². The fraction of sp³-hybridized carbons (Fsp3) is 0.294. The van der Waals surface area contributed by atoms with Crippen LogP contribution in [0.25, 0.3) is 0 Å². The first-order valence-electron chi connectivity index (χ1n) is 6.97. The molecule has 2 aromatic rings. The molecule has 2 nitrogen and oxygen atoms in total. The zero-order valence-electron chi connectivity index (χ0n) is 11.7. The molecule has 0 saturated carbocycles. The molecular weight excluding hydrogens is 268 g/mol. The van der Waals surface area contributed by atoms with Gasteiger partial charge in [0.25, 0.3) is 0 Å². The highest BCUT2D eigenvalue weighted by atomic mass is 32.2. The molecule has 0 unspecified atom stereocenters. The summed E-state index contributed by atoms with van der Waals surface area (Å²) in [5, 5.41) is 0. The molecule has 0 atom stereocenters. The predicted molar refractivity (Wildman–Crippen MR) is 82.4 cm³/mol. The highest BCUT2D eigenvalue weighted by Crippen LogP contribution is 2.17. The molecule has 0 aliphatic carbocycles. The minimum absolute atomic E-state index is 0.0577. The van der Waals surface area contributed by atoms with Gasteiger partial charge in [-0.1, -0.05) is 55.8 Å². The Morgan fingerprint density at radius 2 is 1.50 bits per heavy atom. The molecule has 0 fully saturated rings. The van der Waals surface area contributed by atoms with Crippen molar-refractivity contribution < 1.29 is 8.42 Å². The molecule has 0 aliphatic heterocycles. The van der Waals surface area contributed by atoms with Crippen molar-refractivity contribution in [2.24, 2.45) is 0 Å². The Kier molecular flexibility index (Phi) is 4.96. The van der Waals surface area contributed by atoms with E-state index >= 15 is 0 Å². The summed E-state index contributed by atoms with van der Waals surface area (Å²) in [5.41, 5.74) is 2.02. The van der Waals surface area contributed by atoms with Gasteiger partial charge in [-0.2, -0.15) is 0 Å². The Balaban J connectivity index is 2.13. The van der Waals surface area contributed by atoms with Crippen molar-refractivity contribution in [3.05, 3.63) is 65.7 Å². The average molecular weight is 288 g/mol. The van der Waals surface area contributed by atoms with Gasteiger partial charge in [0, 0.05) is 0 Å². The lowest BCUT2D eigenvalue weighted by atomic mass is 10.1. The van der Waals surface area contributed by atoms with Gasteiger partial charge in [-0.05, 0) is 36.1 Å². The Labute approximate surface area is 121 Å². The lowest BCUT2D eigenvalue weighted by Crippen LogP contribution is -2.05. The Morgan fingerprint density at radius 3 is 2.10 bits per heavy atom. The molecule has 2 rings (SSSR count). The molecule has 3 heteroatoms. The zero-order valence-corrected chi connectivity index (χ0v) is 12.6. The van der Waals surface area contributed by atoms with Crippen molar-refractivity contribution in [3.63, 3.8) is 0 Å². The third kappa shape index (κ3) is 3.94. The maximum atomic E-state index is 12.3. The fourth-order valence-electron chi connectivity index (χ4n) is 2.12. The predicted octanol–water partition coefficient (Wildman–Crippen LogP) is 4.00.